The zero-order chi connectivity index (χ0) is 21.0. The van der Waals surface area contributed by atoms with Gasteiger partial charge in [-0.25, -0.2) is 18.4 Å². The molecule has 4 aromatic rings. The van der Waals surface area contributed by atoms with Gasteiger partial charge in [-0.05, 0) is 30.3 Å². The average Bonchev–Trinajstić information content (AvgIpc) is 3.02. The fourth-order valence-electron chi connectivity index (χ4n) is 3.27. The van der Waals surface area contributed by atoms with Gasteiger partial charge in [-0.1, -0.05) is 6.92 Å². The van der Waals surface area contributed by atoms with Crippen LogP contribution in [0.1, 0.15) is 12.6 Å². The topological polar surface area (TPSA) is 77.7 Å². The van der Waals surface area contributed by atoms with Crippen molar-refractivity contribution in [2.24, 2.45) is 7.05 Å². The fourth-order valence-corrected chi connectivity index (χ4v) is 4.56. The van der Waals surface area contributed by atoms with E-state index in [9.17, 15) is 21.6 Å². The molecule has 0 saturated carbocycles. The van der Waals surface area contributed by atoms with Crippen LogP contribution < -0.4 is 0 Å². The summed E-state index contributed by atoms with van der Waals surface area (Å²) in [6, 6.07) is 7.39. The number of aromatic nitrogens is 4. The molecule has 0 aliphatic rings. The van der Waals surface area contributed by atoms with Gasteiger partial charge in [0, 0.05) is 24.2 Å². The van der Waals surface area contributed by atoms with Gasteiger partial charge in [-0.3, -0.25) is 4.98 Å². The van der Waals surface area contributed by atoms with Crippen LogP contribution >= 0.6 is 0 Å². The Morgan fingerprint density at radius 2 is 1.86 bits per heavy atom. The summed E-state index contributed by atoms with van der Waals surface area (Å²) < 4.78 is 66.3. The molecule has 0 N–H and O–H groups in total. The first-order chi connectivity index (χ1) is 13.6. The van der Waals surface area contributed by atoms with Gasteiger partial charge in [0.15, 0.2) is 9.84 Å². The van der Waals surface area contributed by atoms with Crippen LogP contribution in [0.15, 0.2) is 47.6 Å². The maximum absolute atomic E-state index is 13.0. The van der Waals surface area contributed by atoms with Crippen molar-refractivity contribution in [3.8, 4) is 11.4 Å². The molecule has 0 radical (unpaired) electrons. The Labute approximate surface area is 164 Å². The van der Waals surface area contributed by atoms with E-state index in [4.69, 9.17) is 0 Å². The number of rotatable bonds is 3. The van der Waals surface area contributed by atoms with E-state index in [0.717, 1.165) is 12.3 Å². The predicted octanol–water partition coefficient (Wildman–Crippen LogP) is 4.00. The van der Waals surface area contributed by atoms with E-state index in [1.54, 1.807) is 37.5 Å². The van der Waals surface area contributed by atoms with Gasteiger partial charge in [0.1, 0.15) is 11.5 Å². The number of hydrogen-bond donors (Lipinski definition) is 0. The molecule has 1 aromatic carbocycles. The third kappa shape index (κ3) is 3.13. The predicted molar refractivity (Wildman–Crippen MR) is 102 cm³/mol. The molecule has 0 aliphatic heterocycles. The highest BCUT2D eigenvalue weighted by atomic mass is 32.2. The second-order valence-electron chi connectivity index (χ2n) is 6.47. The quantitative estimate of drug-likeness (QED) is 0.501. The van der Waals surface area contributed by atoms with Gasteiger partial charge in [-0.15, -0.1) is 0 Å². The molecule has 6 nitrogen and oxygen atoms in total. The van der Waals surface area contributed by atoms with Crippen molar-refractivity contribution in [3.63, 3.8) is 0 Å². The summed E-state index contributed by atoms with van der Waals surface area (Å²) in [5.74, 6) is 0.0940. The summed E-state index contributed by atoms with van der Waals surface area (Å²) in [7, 11) is -2.07. The summed E-state index contributed by atoms with van der Waals surface area (Å²) in [6.45, 7) is 1.53. The summed E-state index contributed by atoms with van der Waals surface area (Å²) in [5, 5.41) is 0.438. The largest absolute Gasteiger partial charge is 0.433 e. The molecule has 3 aromatic heterocycles. The number of sulfone groups is 1. The molecule has 0 spiro atoms. The lowest BCUT2D eigenvalue weighted by Gasteiger charge is -2.12. The van der Waals surface area contributed by atoms with Crippen LogP contribution in [-0.2, 0) is 23.1 Å². The molecule has 0 unspecified atom stereocenters. The summed E-state index contributed by atoms with van der Waals surface area (Å²) in [5.41, 5.74) is 0.191. The van der Waals surface area contributed by atoms with Gasteiger partial charge in [-0.2, -0.15) is 13.2 Å². The van der Waals surface area contributed by atoms with Crippen molar-refractivity contribution in [1.82, 2.24) is 19.5 Å². The third-order valence-corrected chi connectivity index (χ3v) is 6.55. The van der Waals surface area contributed by atoms with Crippen molar-refractivity contribution >= 4 is 31.8 Å². The maximum atomic E-state index is 13.0. The van der Waals surface area contributed by atoms with Crippen LogP contribution in [0, 0.1) is 0 Å². The maximum Gasteiger partial charge on any atom is 0.433 e. The van der Waals surface area contributed by atoms with Crippen molar-refractivity contribution in [2.75, 3.05) is 5.75 Å². The highest BCUT2D eigenvalue weighted by Gasteiger charge is 2.33. The Morgan fingerprint density at radius 3 is 2.55 bits per heavy atom. The van der Waals surface area contributed by atoms with Gasteiger partial charge < -0.3 is 4.57 Å². The summed E-state index contributed by atoms with van der Waals surface area (Å²) in [4.78, 5) is 12.0. The van der Waals surface area contributed by atoms with Crippen LogP contribution in [0.4, 0.5) is 13.2 Å². The lowest BCUT2D eigenvalue weighted by atomic mass is 10.1. The standard InChI is InChI=1S/C19H15F3N4O2S/c1-3-29(27,28)17-11-5-4-8-23-13(11)7-6-12(17)18-25-14-9-16(19(20,21)22)24-10-15(14)26(18)2/h4-10H,3H2,1-2H3. The van der Waals surface area contributed by atoms with E-state index < -0.39 is 21.7 Å². The highest BCUT2D eigenvalue weighted by molar-refractivity contribution is 7.91. The smallest absolute Gasteiger partial charge is 0.326 e. The molecule has 0 atom stereocenters. The van der Waals surface area contributed by atoms with Crippen LogP contribution in [0.25, 0.3) is 33.3 Å². The van der Waals surface area contributed by atoms with Crippen LogP contribution in [-0.4, -0.2) is 33.7 Å². The Morgan fingerprint density at radius 1 is 1.10 bits per heavy atom. The van der Waals surface area contributed by atoms with Crippen molar-refractivity contribution in [3.05, 3.63) is 48.4 Å². The van der Waals surface area contributed by atoms with Gasteiger partial charge >= 0.3 is 6.18 Å². The molecule has 150 valence electrons. The number of pyridine rings is 2. The first-order valence-corrected chi connectivity index (χ1v) is 10.3. The molecular weight excluding hydrogens is 405 g/mol. The second kappa shape index (κ2) is 6.51. The molecule has 0 bridgehead atoms. The molecule has 0 saturated heterocycles. The molecule has 0 amide bonds. The monoisotopic (exact) mass is 420 g/mol. The van der Waals surface area contributed by atoms with Gasteiger partial charge in [0.2, 0.25) is 0 Å². The Balaban J connectivity index is 2.06. The van der Waals surface area contributed by atoms with Crippen LogP contribution in [0.3, 0.4) is 0 Å². The Kier molecular flexibility index (Phi) is 4.34. The van der Waals surface area contributed by atoms with Crippen LogP contribution in [0.5, 0.6) is 0 Å². The minimum atomic E-state index is -4.60. The van der Waals surface area contributed by atoms with E-state index in [2.05, 4.69) is 15.0 Å². The SMILES string of the molecule is CCS(=O)(=O)c1c(-c2nc3cc(C(F)(F)F)ncc3n2C)ccc2ncccc12. The summed E-state index contributed by atoms with van der Waals surface area (Å²) in [6.07, 6.45) is -1.95. The first-order valence-electron chi connectivity index (χ1n) is 8.64. The number of fused-ring (bicyclic) bond motifs is 2. The normalized spacial score (nSPS) is 12.7. The minimum absolute atomic E-state index is 0.0630. The van der Waals surface area contributed by atoms with Gasteiger partial charge in [0.25, 0.3) is 0 Å². The van der Waals surface area contributed by atoms with Gasteiger partial charge in [0.05, 0.1) is 33.4 Å². The Hall–Kier alpha value is -3.01. The Bertz CT molecular complexity index is 1360. The number of imidazole rings is 1. The third-order valence-electron chi connectivity index (χ3n) is 4.73. The molecule has 4 rings (SSSR count). The first kappa shape index (κ1) is 19.3. The molecular formula is C19H15F3N4O2S. The zero-order valence-corrected chi connectivity index (χ0v) is 16.2. The second-order valence-corrected chi connectivity index (χ2v) is 8.68. The van der Waals surface area contributed by atoms with Crippen molar-refractivity contribution < 1.29 is 21.6 Å². The summed E-state index contributed by atoms with van der Waals surface area (Å²) >= 11 is 0. The lowest BCUT2D eigenvalue weighted by molar-refractivity contribution is -0.141. The van der Waals surface area contributed by atoms with E-state index in [-0.39, 0.29) is 22.0 Å². The average molecular weight is 420 g/mol. The highest BCUT2D eigenvalue weighted by Crippen LogP contribution is 2.36. The van der Waals surface area contributed by atoms with Crippen molar-refractivity contribution in [2.45, 2.75) is 18.0 Å². The number of aryl methyl sites for hydroxylation is 1. The minimum Gasteiger partial charge on any atom is -0.326 e. The van der Waals surface area contributed by atoms with Crippen LogP contribution in [0.2, 0.25) is 0 Å². The molecule has 3 heterocycles. The van der Waals surface area contributed by atoms with E-state index >= 15 is 0 Å². The molecule has 10 heteroatoms. The number of benzene rings is 1. The number of halogens is 3. The number of alkyl halides is 3. The van der Waals surface area contributed by atoms with E-state index in [1.807, 2.05) is 0 Å². The van der Waals surface area contributed by atoms with E-state index in [1.165, 1.54) is 11.5 Å². The molecule has 0 aliphatic carbocycles. The molecule has 0 fully saturated rings. The van der Waals surface area contributed by atoms with Crippen molar-refractivity contribution in [1.29, 1.82) is 0 Å². The lowest BCUT2D eigenvalue weighted by Crippen LogP contribution is -2.08. The van der Waals surface area contributed by atoms with E-state index in [0.29, 0.717) is 22.0 Å². The number of hydrogen-bond acceptors (Lipinski definition) is 5. The zero-order valence-electron chi connectivity index (χ0n) is 15.4. The number of nitrogens with zero attached hydrogens (tertiary/aromatic N) is 4. The fraction of sp³-hybridized carbons (Fsp3) is 0.211. The molecule has 29 heavy (non-hydrogen) atoms.